The van der Waals surface area contributed by atoms with Gasteiger partial charge in [-0.2, -0.15) is 0 Å². The van der Waals surface area contributed by atoms with Crippen LogP contribution in [0.3, 0.4) is 0 Å². The number of nitrogens with one attached hydrogen (secondary N) is 1. The van der Waals surface area contributed by atoms with Gasteiger partial charge in [0.2, 0.25) is 0 Å². The number of hydrogen-bond acceptors (Lipinski definition) is 2. The molecule has 2 aromatic carbocycles. The van der Waals surface area contributed by atoms with E-state index in [1.807, 2.05) is 0 Å². The predicted molar refractivity (Wildman–Crippen MR) is 77.4 cm³/mol. The quantitative estimate of drug-likeness (QED) is 0.912. The van der Waals surface area contributed by atoms with Crippen LogP contribution in [-0.4, -0.2) is 13.0 Å². The fraction of sp³-hybridized carbons (Fsp3) is 0.0714. The third-order valence-corrected chi connectivity index (χ3v) is 3.18. The SMILES string of the molecule is COc1ccc(C(=O)Nc2ccc(F)c(Cl)c2)cc1Cl. The Balaban J connectivity index is 2.19. The molecule has 0 heterocycles. The van der Waals surface area contributed by atoms with E-state index >= 15 is 0 Å². The van der Waals surface area contributed by atoms with E-state index in [0.717, 1.165) is 0 Å². The Hall–Kier alpha value is -1.78. The van der Waals surface area contributed by atoms with Crippen molar-refractivity contribution in [2.45, 2.75) is 0 Å². The van der Waals surface area contributed by atoms with E-state index in [2.05, 4.69) is 5.32 Å². The molecule has 104 valence electrons. The molecule has 1 amide bonds. The van der Waals surface area contributed by atoms with Gasteiger partial charge in [-0.3, -0.25) is 4.79 Å². The van der Waals surface area contributed by atoms with E-state index in [-0.39, 0.29) is 10.9 Å². The lowest BCUT2D eigenvalue weighted by molar-refractivity contribution is 0.102. The molecule has 0 unspecified atom stereocenters. The third kappa shape index (κ3) is 3.21. The summed E-state index contributed by atoms with van der Waals surface area (Å²) >= 11 is 11.6. The second-order valence-corrected chi connectivity index (χ2v) is 4.75. The lowest BCUT2D eigenvalue weighted by Crippen LogP contribution is -2.12. The fourth-order valence-corrected chi connectivity index (χ4v) is 2.02. The number of rotatable bonds is 3. The molecule has 0 spiro atoms. The molecule has 0 saturated heterocycles. The van der Waals surface area contributed by atoms with Gasteiger partial charge < -0.3 is 10.1 Å². The molecule has 0 bridgehead atoms. The summed E-state index contributed by atoms with van der Waals surface area (Å²) in [7, 11) is 1.49. The van der Waals surface area contributed by atoms with Crippen LogP contribution in [0.1, 0.15) is 10.4 Å². The lowest BCUT2D eigenvalue weighted by Gasteiger charge is -2.08. The molecule has 1 N–H and O–H groups in total. The van der Waals surface area contributed by atoms with E-state index in [1.165, 1.54) is 31.4 Å². The van der Waals surface area contributed by atoms with Crippen molar-refractivity contribution in [2.75, 3.05) is 12.4 Å². The Kier molecular flexibility index (Phi) is 4.47. The highest BCUT2D eigenvalue weighted by molar-refractivity contribution is 6.32. The Morgan fingerprint density at radius 2 is 1.90 bits per heavy atom. The maximum Gasteiger partial charge on any atom is 0.255 e. The average molecular weight is 314 g/mol. The van der Waals surface area contributed by atoms with E-state index < -0.39 is 5.82 Å². The van der Waals surface area contributed by atoms with Crippen LogP contribution in [0, 0.1) is 5.82 Å². The maximum atomic E-state index is 13.0. The zero-order valence-electron chi connectivity index (χ0n) is 10.4. The molecule has 0 atom stereocenters. The number of anilines is 1. The molecule has 0 aliphatic carbocycles. The molecule has 0 aromatic heterocycles. The highest BCUT2D eigenvalue weighted by atomic mass is 35.5. The van der Waals surface area contributed by atoms with E-state index in [0.29, 0.717) is 22.0 Å². The zero-order chi connectivity index (χ0) is 14.7. The van der Waals surface area contributed by atoms with Gasteiger partial charge in [0.05, 0.1) is 17.2 Å². The monoisotopic (exact) mass is 313 g/mol. The molecular formula is C14H10Cl2FNO2. The van der Waals surface area contributed by atoms with Gasteiger partial charge in [-0.1, -0.05) is 23.2 Å². The molecule has 0 fully saturated rings. The van der Waals surface area contributed by atoms with Crippen LogP contribution in [0.2, 0.25) is 10.0 Å². The van der Waals surface area contributed by atoms with Crippen LogP contribution in [0.4, 0.5) is 10.1 Å². The summed E-state index contributed by atoms with van der Waals surface area (Å²) < 4.78 is 18.0. The number of ether oxygens (including phenoxy) is 1. The highest BCUT2D eigenvalue weighted by Gasteiger charge is 2.10. The minimum atomic E-state index is -0.544. The largest absolute Gasteiger partial charge is 0.495 e. The molecule has 0 saturated carbocycles. The van der Waals surface area contributed by atoms with Crippen LogP contribution in [0.25, 0.3) is 0 Å². The summed E-state index contributed by atoms with van der Waals surface area (Å²) in [6, 6.07) is 8.59. The molecule has 0 radical (unpaired) electrons. The first-order valence-corrected chi connectivity index (χ1v) is 6.37. The molecule has 20 heavy (non-hydrogen) atoms. The highest BCUT2D eigenvalue weighted by Crippen LogP contribution is 2.26. The van der Waals surface area contributed by atoms with Crippen molar-refractivity contribution in [3.63, 3.8) is 0 Å². The number of hydrogen-bond donors (Lipinski definition) is 1. The van der Waals surface area contributed by atoms with Gasteiger partial charge in [-0.25, -0.2) is 4.39 Å². The average Bonchev–Trinajstić information content (AvgIpc) is 2.42. The van der Waals surface area contributed by atoms with E-state index in [9.17, 15) is 9.18 Å². The molecule has 2 rings (SSSR count). The summed E-state index contributed by atoms with van der Waals surface area (Å²) in [4.78, 5) is 12.0. The molecule has 3 nitrogen and oxygen atoms in total. The molecule has 6 heteroatoms. The minimum Gasteiger partial charge on any atom is -0.495 e. The smallest absolute Gasteiger partial charge is 0.255 e. The number of methoxy groups -OCH3 is 1. The van der Waals surface area contributed by atoms with Crippen molar-refractivity contribution < 1.29 is 13.9 Å². The number of carbonyl (C=O) groups excluding carboxylic acids is 1. The standard InChI is InChI=1S/C14H10Cl2FNO2/c1-20-13-5-2-8(6-11(13)16)14(19)18-9-3-4-12(17)10(15)7-9/h2-7H,1H3,(H,18,19). The van der Waals surface area contributed by atoms with Gasteiger partial charge in [0, 0.05) is 11.3 Å². The van der Waals surface area contributed by atoms with Crippen LogP contribution in [0.15, 0.2) is 36.4 Å². The predicted octanol–water partition coefficient (Wildman–Crippen LogP) is 4.39. The van der Waals surface area contributed by atoms with Crippen molar-refractivity contribution in [2.24, 2.45) is 0 Å². The summed E-state index contributed by atoms with van der Waals surface area (Å²) in [5.74, 6) is -0.442. The van der Waals surface area contributed by atoms with Gasteiger partial charge in [-0.05, 0) is 36.4 Å². The molecular weight excluding hydrogens is 304 g/mol. The number of amides is 1. The summed E-state index contributed by atoms with van der Waals surface area (Å²) in [5.41, 5.74) is 0.754. The van der Waals surface area contributed by atoms with Crippen LogP contribution < -0.4 is 10.1 Å². The van der Waals surface area contributed by atoms with Crippen LogP contribution >= 0.6 is 23.2 Å². The Morgan fingerprint density at radius 3 is 2.50 bits per heavy atom. The number of carbonyl (C=O) groups is 1. The maximum absolute atomic E-state index is 13.0. The van der Waals surface area contributed by atoms with Crippen molar-refractivity contribution >= 4 is 34.8 Å². The van der Waals surface area contributed by atoms with Crippen LogP contribution in [0.5, 0.6) is 5.75 Å². The number of halogens is 3. The van der Waals surface area contributed by atoms with E-state index in [4.69, 9.17) is 27.9 Å². The zero-order valence-corrected chi connectivity index (χ0v) is 11.9. The number of benzene rings is 2. The molecule has 0 aliphatic rings. The minimum absolute atomic E-state index is 0.0597. The van der Waals surface area contributed by atoms with Crippen LogP contribution in [-0.2, 0) is 0 Å². The fourth-order valence-electron chi connectivity index (χ4n) is 1.58. The molecule has 2 aromatic rings. The first-order valence-electron chi connectivity index (χ1n) is 5.61. The second-order valence-electron chi connectivity index (χ2n) is 3.93. The molecule has 0 aliphatic heterocycles. The normalized spacial score (nSPS) is 10.2. The summed E-state index contributed by atoms with van der Waals surface area (Å²) in [6.07, 6.45) is 0. The van der Waals surface area contributed by atoms with Gasteiger partial charge in [0.15, 0.2) is 0 Å². The van der Waals surface area contributed by atoms with Gasteiger partial charge in [-0.15, -0.1) is 0 Å². The summed E-state index contributed by atoms with van der Waals surface area (Å²) in [5, 5.41) is 2.87. The second kappa shape index (κ2) is 6.11. The lowest BCUT2D eigenvalue weighted by atomic mass is 10.2. The first kappa shape index (κ1) is 14.6. The van der Waals surface area contributed by atoms with Gasteiger partial charge in [0.1, 0.15) is 11.6 Å². The Labute approximate surface area is 125 Å². The van der Waals surface area contributed by atoms with Crippen molar-refractivity contribution in [1.29, 1.82) is 0 Å². The topological polar surface area (TPSA) is 38.3 Å². The Morgan fingerprint density at radius 1 is 1.15 bits per heavy atom. The van der Waals surface area contributed by atoms with Crippen molar-refractivity contribution in [3.05, 3.63) is 57.8 Å². The van der Waals surface area contributed by atoms with Gasteiger partial charge in [0.25, 0.3) is 5.91 Å². The van der Waals surface area contributed by atoms with Crippen molar-refractivity contribution in [3.8, 4) is 5.75 Å². The van der Waals surface area contributed by atoms with E-state index in [1.54, 1.807) is 12.1 Å². The van der Waals surface area contributed by atoms with Gasteiger partial charge >= 0.3 is 0 Å². The third-order valence-electron chi connectivity index (χ3n) is 2.59. The van der Waals surface area contributed by atoms with Crippen molar-refractivity contribution in [1.82, 2.24) is 0 Å². The Bertz CT molecular complexity index is 662. The summed E-state index contributed by atoms with van der Waals surface area (Å²) in [6.45, 7) is 0. The first-order chi connectivity index (χ1) is 9.51.